The van der Waals surface area contributed by atoms with E-state index in [0.717, 1.165) is 31.4 Å². The molecule has 1 aliphatic heterocycles. The van der Waals surface area contributed by atoms with Crippen LogP contribution >= 0.6 is 0 Å². The molecule has 28 heavy (non-hydrogen) atoms. The van der Waals surface area contributed by atoms with Gasteiger partial charge in [0, 0.05) is 31.9 Å². The zero-order chi connectivity index (χ0) is 19.6. The van der Waals surface area contributed by atoms with Crippen LogP contribution in [0.3, 0.4) is 0 Å². The van der Waals surface area contributed by atoms with Gasteiger partial charge in [-0.1, -0.05) is 37.5 Å². The third-order valence-corrected chi connectivity index (χ3v) is 5.59. The highest BCUT2D eigenvalue weighted by Crippen LogP contribution is 2.21. The number of phenolic OH excluding ortho intramolecular Hbond substituents is 1. The number of urea groups is 1. The molecule has 6 nitrogen and oxygen atoms in total. The molecule has 6 heteroatoms. The fourth-order valence-electron chi connectivity index (χ4n) is 3.96. The Hall–Kier alpha value is -1.79. The van der Waals surface area contributed by atoms with Crippen LogP contribution in [0.1, 0.15) is 56.9 Å². The standard InChI is InChI=1S/C22H34N2O4/c25-21-12-5-4-8-18(21)16-24(17-20-11-6-14-28-20)22(26)23-13-7-15-27-19-9-2-1-3-10-19/h4-5,8,12,19-20,25H,1-3,6-7,9-11,13-17H2,(H,23,26). The predicted octanol–water partition coefficient (Wildman–Crippen LogP) is 3.82. The van der Waals surface area contributed by atoms with E-state index in [4.69, 9.17) is 9.47 Å². The first kappa shape index (κ1) is 20.9. The summed E-state index contributed by atoms with van der Waals surface area (Å²) in [5.74, 6) is 0.216. The SMILES string of the molecule is O=C(NCCCOC1CCCCC1)N(Cc1ccccc1O)CC1CCCO1. The maximum atomic E-state index is 12.7. The summed E-state index contributed by atoms with van der Waals surface area (Å²) in [5.41, 5.74) is 0.747. The molecule has 156 valence electrons. The van der Waals surface area contributed by atoms with E-state index in [1.54, 1.807) is 17.0 Å². The lowest BCUT2D eigenvalue weighted by Gasteiger charge is -2.26. The summed E-state index contributed by atoms with van der Waals surface area (Å²) in [6.07, 6.45) is 9.50. The van der Waals surface area contributed by atoms with Crippen LogP contribution in [0, 0.1) is 0 Å². The fourth-order valence-corrected chi connectivity index (χ4v) is 3.96. The Morgan fingerprint density at radius 3 is 2.75 bits per heavy atom. The number of nitrogens with zero attached hydrogens (tertiary/aromatic N) is 1. The molecule has 1 unspecified atom stereocenters. The first-order valence-corrected chi connectivity index (χ1v) is 10.7. The summed E-state index contributed by atoms with van der Waals surface area (Å²) in [4.78, 5) is 14.5. The van der Waals surface area contributed by atoms with Crippen LogP contribution < -0.4 is 5.32 Å². The number of hydrogen-bond donors (Lipinski definition) is 2. The van der Waals surface area contributed by atoms with Gasteiger partial charge in [0.15, 0.2) is 0 Å². The lowest BCUT2D eigenvalue weighted by molar-refractivity contribution is 0.0273. The number of para-hydroxylation sites is 1. The van der Waals surface area contributed by atoms with Gasteiger partial charge in [0.25, 0.3) is 0 Å². The van der Waals surface area contributed by atoms with Crippen molar-refractivity contribution in [1.29, 1.82) is 0 Å². The molecule has 0 aromatic heterocycles. The van der Waals surface area contributed by atoms with Crippen molar-refractivity contribution in [2.75, 3.05) is 26.3 Å². The molecule has 2 fully saturated rings. The average Bonchev–Trinajstić information content (AvgIpc) is 3.22. The van der Waals surface area contributed by atoms with E-state index in [0.29, 0.717) is 32.3 Å². The van der Waals surface area contributed by atoms with Gasteiger partial charge in [0.2, 0.25) is 0 Å². The molecular weight excluding hydrogens is 356 g/mol. The maximum Gasteiger partial charge on any atom is 0.317 e. The predicted molar refractivity (Wildman–Crippen MR) is 108 cm³/mol. The summed E-state index contributed by atoms with van der Waals surface area (Å²) in [6.45, 7) is 2.95. The first-order valence-electron chi connectivity index (χ1n) is 10.7. The molecule has 0 radical (unpaired) electrons. The van der Waals surface area contributed by atoms with Crippen molar-refractivity contribution < 1.29 is 19.4 Å². The second kappa shape index (κ2) is 11.3. The third-order valence-electron chi connectivity index (χ3n) is 5.59. The van der Waals surface area contributed by atoms with E-state index in [9.17, 15) is 9.90 Å². The van der Waals surface area contributed by atoms with Crippen LogP contribution in [-0.4, -0.2) is 54.5 Å². The Kier molecular flexibility index (Phi) is 8.42. The van der Waals surface area contributed by atoms with Crippen molar-refractivity contribution in [2.24, 2.45) is 0 Å². The lowest BCUT2D eigenvalue weighted by atomic mass is 9.98. The van der Waals surface area contributed by atoms with E-state index >= 15 is 0 Å². The maximum absolute atomic E-state index is 12.7. The highest BCUT2D eigenvalue weighted by Gasteiger charge is 2.23. The van der Waals surface area contributed by atoms with Crippen LogP contribution in [0.4, 0.5) is 4.79 Å². The summed E-state index contributed by atoms with van der Waals surface area (Å²) >= 11 is 0. The smallest absolute Gasteiger partial charge is 0.317 e. The van der Waals surface area contributed by atoms with E-state index in [1.807, 2.05) is 12.1 Å². The molecular formula is C22H34N2O4. The van der Waals surface area contributed by atoms with Crippen molar-refractivity contribution >= 4 is 6.03 Å². The Labute approximate surface area is 168 Å². The summed E-state index contributed by atoms with van der Waals surface area (Å²) in [7, 11) is 0. The van der Waals surface area contributed by atoms with E-state index in [2.05, 4.69) is 5.32 Å². The average molecular weight is 391 g/mol. The van der Waals surface area contributed by atoms with E-state index in [-0.39, 0.29) is 17.9 Å². The van der Waals surface area contributed by atoms with Crippen LogP contribution in [0.25, 0.3) is 0 Å². The minimum Gasteiger partial charge on any atom is -0.508 e. The van der Waals surface area contributed by atoms with E-state index in [1.165, 1.54) is 32.1 Å². The Balaban J connectivity index is 1.44. The van der Waals surface area contributed by atoms with Crippen LogP contribution in [0.5, 0.6) is 5.75 Å². The molecule has 1 atom stereocenters. The number of carbonyl (C=O) groups is 1. The highest BCUT2D eigenvalue weighted by atomic mass is 16.5. The minimum absolute atomic E-state index is 0.0752. The number of hydrogen-bond acceptors (Lipinski definition) is 4. The number of carbonyl (C=O) groups excluding carboxylic acids is 1. The number of aromatic hydroxyl groups is 1. The van der Waals surface area contributed by atoms with Gasteiger partial charge in [-0.3, -0.25) is 0 Å². The number of benzene rings is 1. The molecule has 1 aromatic carbocycles. The largest absolute Gasteiger partial charge is 0.508 e. The van der Waals surface area contributed by atoms with Gasteiger partial charge in [-0.2, -0.15) is 0 Å². The number of nitrogens with one attached hydrogen (secondary N) is 1. The van der Waals surface area contributed by atoms with Gasteiger partial charge in [0.1, 0.15) is 5.75 Å². The van der Waals surface area contributed by atoms with Crippen molar-refractivity contribution in [3.63, 3.8) is 0 Å². The third kappa shape index (κ3) is 6.67. The summed E-state index contributed by atoms with van der Waals surface area (Å²) < 4.78 is 11.6. The molecule has 2 N–H and O–H groups in total. The van der Waals surface area contributed by atoms with Crippen molar-refractivity contribution in [2.45, 2.75) is 70.1 Å². The molecule has 3 rings (SSSR count). The van der Waals surface area contributed by atoms with Gasteiger partial charge in [-0.05, 0) is 38.2 Å². The molecule has 1 heterocycles. The van der Waals surface area contributed by atoms with Gasteiger partial charge >= 0.3 is 6.03 Å². The van der Waals surface area contributed by atoms with Gasteiger partial charge in [-0.15, -0.1) is 0 Å². The molecule has 1 saturated carbocycles. The summed E-state index contributed by atoms with van der Waals surface area (Å²) in [6, 6.07) is 7.05. The lowest BCUT2D eigenvalue weighted by Crippen LogP contribution is -2.43. The van der Waals surface area contributed by atoms with Gasteiger partial charge in [0.05, 0.1) is 18.8 Å². The Bertz CT molecular complexity index is 598. The zero-order valence-electron chi connectivity index (χ0n) is 16.8. The molecule has 0 spiro atoms. The molecule has 1 aromatic rings. The molecule has 2 amide bonds. The zero-order valence-corrected chi connectivity index (χ0v) is 16.8. The van der Waals surface area contributed by atoms with Crippen molar-refractivity contribution in [3.05, 3.63) is 29.8 Å². The number of phenols is 1. The van der Waals surface area contributed by atoms with Crippen LogP contribution in [0.15, 0.2) is 24.3 Å². The second-order valence-electron chi connectivity index (χ2n) is 7.86. The van der Waals surface area contributed by atoms with Crippen molar-refractivity contribution in [1.82, 2.24) is 10.2 Å². The first-order chi connectivity index (χ1) is 13.7. The Morgan fingerprint density at radius 1 is 1.18 bits per heavy atom. The number of amides is 2. The highest BCUT2D eigenvalue weighted by molar-refractivity contribution is 5.74. The monoisotopic (exact) mass is 390 g/mol. The second-order valence-corrected chi connectivity index (χ2v) is 7.86. The van der Waals surface area contributed by atoms with Gasteiger partial charge < -0.3 is 24.8 Å². The van der Waals surface area contributed by atoms with Gasteiger partial charge in [-0.25, -0.2) is 4.79 Å². The molecule has 1 aliphatic carbocycles. The Morgan fingerprint density at radius 2 is 2.00 bits per heavy atom. The summed E-state index contributed by atoms with van der Waals surface area (Å²) in [5, 5.41) is 13.1. The number of rotatable bonds is 9. The molecule has 0 bridgehead atoms. The molecule has 2 aliphatic rings. The fraction of sp³-hybridized carbons (Fsp3) is 0.682. The van der Waals surface area contributed by atoms with Crippen LogP contribution in [-0.2, 0) is 16.0 Å². The minimum atomic E-state index is -0.114. The van der Waals surface area contributed by atoms with Crippen LogP contribution in [0.2, 0.25) is 0 Å². The van der Waals surface area contributed by atoms with Crippen molar-refractivity contribution in [3.8, 4) is 5.75 Å². The van der Waals surface area contributed by atoms with E-state index < -0.39 is 0 Å². The topological polar surface area (TPSA) is 71.0 Å². The number of ether oxygens (including phenoxy) is 2. The molecule has 1 saturated heterocycles. The normalized spacial score (nSPS) is 20.2. The quantitative estimate of drug-likeness (QED) is 0.629.